The molecule has 0 unspecified atom stereocenters. The van der Waals surface area contributed by atoms with Gasteiger partial charge in [-0.15, -0.1) is 0 Å². The molecule has 140 valence electrons. The number of aliphatic imine (C=N–C) groups is 1. The number of nitrogens with one attached hydrogen (secondary N) is 3. The summed E-state index contributed by atoms with van der Waals surface area (Å²) < 4.78 is 26.6. The van der Waals surface area contributed by atoms with Crippen molar-refractivity contribution >= 4 is 16.0 Å². The van der Waals surface area contributed by atoms with Gasteiger partial charge < -0.3 is 10.6 Å². The lowest BCUT2D eigenvalue weighted by molar-refractivity contribution is 0.316. The van der Waals surface area contributed by atoms with Crippen LogP contribution in [-0.4, -0.2) is 46.8 Å². The maximum absolute atomic E-state index is 11.9. The highest BCUT2D eigenvalue weighted by atomic mass is 32.2. The van der Waals surface area contributed by atoms with Gasteiger partial charge in [-0.2, -0.15) is 0 Å². The molecule has 6 nitrogen and oxygen atoms in total. The van der Waals surface area contributed by atoms with Crippen LogP contribution in [0.5, 0.6) is 0 Å². The molecule has 3 N–H and O–H groups in total. The largest absolute Gasteiger partial charge is 0.356 e. The standard InChI is InChI=1S/C17H34N4O2S/c1-18-17(19-11-5-10-15-6-2-3-7-15)20-12-13-24(22,23)21-14-16-8-4-9-16/h15-16,21H,2-14H2,1H3,(H2,18,19,20). The van der Waals surface area contributed by atoms with Crippen LogP contribution < -0.4 is 15.4 Å². The molecular formula is C17H34N4O2S. The molecule has 2 aliphatic rings. The van der Waals surface area contributed by atoms with Crippen molar-refractivity contribution in [1.29, 1.82) is 0 Å². The summed E-state index contributed by atoms with van der Waals surface area (Å²) in [5.41, 5.74) is 0. The fourth-order valence-electron chi connectivity index (χ4n) is 3.43. The first-order chi connectivity index (χ1) is 11.6. The van der Waals surface area contributed by atoms with E-state index in [1.807, 2.05) is 0 Å². The first-order valence-electron chi connectivity index (χ1n) is 9.51. The lowest BCUT2D eigenvalue weighted by Gasteiger charge is -2.25. The molecule has 2 fully saturated rings. The van der Waals surface area contributed by atoms with Crippen LogP contribution in [0.25, 0.3) is 0 Å². The third-order valence-corrected chi connectivity index (χ3v) is 6.61. The smallest absolute Gasteiger partial charge is 0.213 e. The van der Waals surface area contributed by atoms with Gasteiger partial charge in [0.15, 0.2) is 5.96 Å². The van der Waals surface area contributed by atoms with Crippen molar-refractivity contribution in [3.8, 4) is 0 Å². The molecular weight excluding hydrogens is 324 g/mol. The highest BCUT2D eigenvalue weighted by Crippen LogP contribution is 2.28. The van der Waals surface area contributed by atoms with Gasteiger partial charge in [0.1, 0.15) is 0 Å². The summed E-state index contributed by atoms with van der Waals surface area (Å²) in [6, 6.07) is 0. The van der Waals surface area contributed by atoms with Crippen LogP contribution in [-0.2, 0) is 10.0 Å². The maximum atomic E-state index is 11.9. The molecule has 0 aliphatic heterocycles. The second-order valence-corrected chi connectivity index (χ2v) is 9.11. The van der Waals surface area contributed by atoms with E-state index in [-0.39, 0.29) is 5.75 Å². The van der Waals surface area contributed by atoms with Crippen LogP contribution in [0, 0.1) is 11.8 Å². The van der Waals surface area contributed by atoms with Crippen molar-refractivity contribution in [3.63, 3.8) is 0 Å². The van der Waals surface area contributed by atoms with Crippen LogP contribution in [0.2, 0.25) is 0 Å². The molecule has 7 heteroatoms. The molecule has 2 aliphatic carbocycles. The molecule has 0 radical (unpaired) electrons. The summed E-state index contributed by atoms with van der Waals surface area (Å²) in [6.07, 6.45) is 11.5. The van der Waals surface area contributed by atoms with E-state index in [0.29, 0.717) is 25.0 Å². The summed E-state index contributed by atoms with van der Waals surface area (Å²) in [7, 11) is -1.47. The minimum Gasteiger partial charge on any atom is -0.356 e. The van der Waals surface area contributed by atoms with Gasteiger partial charge in [-0.1, -0.05) is 32.1 Å². The zero-order valence-corrected chi connectivity index (χ0v) is 15.8. The Hall–Kier alpha value is -0.820. The molecule has 2 saturated carbocycles. The molecule has 0 atom stereocenters. The van der Waals surface area contributed by atoms with Crippen molar-refractivity contribution in [1.82, 2.24) is 15.4 Å². The third-order valence-electron chi connectivity index (χ3n) is 5.26. The van der Waals surface area contributed by atoms with Crippen molar-refractivity contribution in [2.75, 3.05) is 32.4 Å². The fourth-order valence-corrected chi connectivity index (χ4v) is 4.44. The average Bonchev–Trinajstić information content (AvgIpc) is 3.01. The van der Waals surface area contributed by atoms with Gasteiger partial charge in [-0.25, -0.2) is 13.1 Å². The van der Waals surface area contributed by atoms with Crippen LogP contribution in [0.4, 0.5) is 0 Å². The third kappa shape index (κ3) is 7.38. The fraction of sp³-hybridized carbons (Fsp3) is 0.941. The highest BCUT2D eigenvalue weighted by molar-refractivity contribution is 7.89. The Morgan fingerprint density at radius 1 is 1.00 bits per heavy atom. The monoisotopic (exact) mass is 358 g/mol. The molecule has 0 aromatic rings. The normalized spacial score (nSPS) is 20.1. The number of rotatable bonds is 10. The van der Waals surface area contributed by atoms with Gasteiger partial charge in [0.2, 0.25) is 10.0 Å². The van der Waals surface area contributed by atoms with E-state index >= 15 is 0 Å². The molecule has 0 aromatic carbocycles. The van der Waals surface area contributed by atoms with Crippen LogP contribution in [0.3, 0.4) is 0 Å². The minimum absolute atomic E-state index is 0.0858. The summed E-state index contributed by atoms with van der Waals surface area (Å²) in [5, 5.41) is 6.36. The van der Waals surface area contributed by atoms with E-state index in [1.165, 1.54) is 38.5 Å². The first kappa shape index (κ1) is 19.5. The second-order valence-electron chi connectivity index (χ2n) is 7.18. The van der Waals surface area contributed by atoms with E-state index < -0.39 is 10.0 Å². The lowest BCUT2D eigenvalue weighted by atomic mass is 9.86. The van der Waals surface area contributed by atoms with Gasteiger partial charge in [0.25, 0.3) is 0 Å². The number of hydrogen-bond donors (Lipinski definition) is 3. The molecule has 0 amide bonds. The summed E-state index contributed by atoms with van der Waals surface area (Å²) in [4.78, 5) is 4.15. The summed E-state index contributed by atoms with van der Waals surface area (Å²) >= 11 is 0. The molecule has 0 bridgehead atoms. The molecule has 2 rings (SSSR count). The Morgan fingerprint density at radius 3 is 2.29 bits per heavy atom. The first-order valence-corrected chi connectivity index (χ1v) is 11.2. The van der Waals surface area contributed by atoms with Gasteiger partial charge in [-0.3, -0.25) is 4.99 Å². The van der Waals surface area contributed by atoms with E-state index in [2.05, 4.69) is 20.3 Å². The van der Waals surface area contributed by atoms with Gasteiger partial charge >= 0.3 is 0 Å². The Labute approximate surface area is 147 Å². The van der Waals surface area contributed by atoms with Crippen molar-refractivity contribution in [2.24, 2.45) is 16.8 Å². The Morgan fingerprint density at radius 2 is 1.67 bits per heavy atom. The SMILES string of the molecule is CN=C(NCCCC1CCCC1)NCCS(=O)(=O)NCC1CCC1. The molecule has 0 aromatic heterocycles. The lowest BCUT2D eigenvalue weighted by Crippen LogP contribution is -2.42. The van der Waals surface area contributed by atoms with Crippen molar-refractivity contribution < 1.29 is 8.42 Å². The number of hydrogen-bond acceptors (Lipinski definition) is 3. The van der Waals surface area contributed by atoms with E-state index in [1.54, 1.807) is 7.05 Å². The Kier molecular flexibility index (Phi) is 8.32. The van der Waals surface area contributed by atoms with E-state index in [4.69, 9.17) is 0 Å². The predicted octanol–water partition coefficient (Wildman–Crippen LogP) is 1.84. The minimum atomic E-state index is -3.19. The topological polar surface area (TPSA) is 82.6 Å². The van der Waals surface area contributed by atoms with Gasteiger partial charge in [0.05, 0.1) is 5.75 Å². The number of sulfonamides is 1. The van der Waals surface area contributed by atoms with Crippen molar-refractivity contribution in [2.45, 2.75) is 57.8 Å². The van der Waals surface area contributed by atoms with E-state index in [9.17, 15) is 8.42 Å². The predicted molar refractivity (Wildman–Crippen MR) is 99.7 cm³/mol. The van der Waals surface area contributed by atoms with Crippen LogP contribution in [0.15, 0.2) is 4.99 Å². The van der Waals surface area contributed by atoms with Crippen LogP contribution in [0.1, 0.15) is 57.8 Å². The van der Waals surface area contributed by atoms with Gasteiger partial charge in [-0.05, 0) is 37.5 Å². The summed E-state index contributed by atoms with van der Waals surface area (Å²) in [5.74, 6) is 2.23. The van der Waals surface area contributed by atoms with E-state index in [0.717, 1.165) is 31.7 Å². The summed E-state index contributed by atoms with van der Waals surface area (Å²) in [6.45, 7) is 1.86. The quantitative estimate of drug-likeness (QED) is 0.316. The zero-order valence-electron chi connectivity index (χ0n) is 15.0. The maximum Gasteiger partial charge on any atom is 0.213 e. The molecule has 24 heavy (non-hydrogen) atoms. The average molecular weight is 359 g/mol. The number of guanidine groups is 1. The Bertz CT molecular complexity index is 483. The highest BCUT2D eigenvalue weighted by Gasteiger charge is 2.20. The van der Waals surface area contributed by atoms with Crippen molar-refractivity contribution in [3.05, 3.63) is 0 Å². The number of nitrogens with zero attached hydrogens (tertiary/aromatic N) is 1. The Balaban J connectivity index is 1.53. The van der Waals surface area contributed by atoms with Crippen LogP contribution >= 0.6 is 0 Å². The second kappa shape index (κ2) is 10.2. The zero-order chi connectivity index (χ0) is 17.3. The molecule has 0 saturated heterocycles. The van der Waals surface area contributed by atoms with Gasteiger partial charge in [0, 0.05) is 26.7 Å². The molecule has 0 spiro atoms. The molecule has 0 heterocycles.